The summed E-state index contributed by atoms with van der Waals surface area (Å²) >= 11 is 0. The number of hydrogen-bond acceptors (Lipinski definition) is 8. The van der Waals surface area contributed by atoms with E-state index in [-0.39, 0.29) is 40.3 Å². The van der Waals surface area contributed by atoms with Gasteiger partial charge in [-0.05, 0) is 54.8 Å². The average Bonchev–Trinajstić information content (AvgIpc) is 3.42. The lowest BCUT2D eigenvalue weighted by Gasteiger charge is -2.22. The summed E-state index contributed by atoms with van der Waals surface area (Å²) in [6, 6.07) is 11.7. The third-order valence-corrected chi connectivity index (χ3v) is 6.90. The van der Waals surface area contributed by atoms with Crippen LogP contribution in [-0.2, 0) is 4.79 Å². The van der Waals surface area contributed by atoms with Crippen LogP contribution in [0.2, 0.25) is 0 Å². The van der Waals surface area contributed by atoms with Crippen molar-refractivity contribution in [2.75, 3.05) is 23.7 Å². The van der Waals surface area contributed by atoms with E-state index in [0.717, 1.165) is 17.2 Å². The van der Waals surface area contributed by atoms with Crippen molar-refractivity contribution >= 4 is 34.4 Å². The third-order valence-electron chi connectivity index (χ3n) is 6.90. The molecule has 1 fully saturated rings. The number of fused-ring (bicyclic) bond motifs is 1. The minimum absolute atomic E-state index is 0.00798. The number of ether oxygens (including phenoxy) is 1. The summed E-state index contributed by atoms with van der Waals surface area (Å²) < 4.78 is 35.3. The van der Waals surface area contributed by atoms with E-state index in [2.05, 4.69) is 36.2 Å². The van der Waals surface area contributed by atoms with Crippen molar-refractivity contribution in [1.82, 2.24) is 30.3 Å². The number of pyridine rings is 1. The van der Waals surface area contributed by atoms with E-state index >= 15 is 4.39 Å². The molecular weight excluding hydrogens is 562 g/mol. The fourth-order valence-corrected chi connectivity index (χ4v) is 4.73. The van der Waals surface area contributed by atoms with Crippen LogP contribution in [-0.4, -0.2) is 49.9 Å². The van der Waals surface area contributed by atoms with E-state index in [0.29, 0.717) is 36.4 Å². The molecule has 0 aliphatic carbocycles. The Morgan fingerprint density at radius 1 is 1.05 bits per heavy atom. The van der Waals surface area contributed by atoms with Gasteiger partial charge in [-0.25, -0.2) is 13.8 Å². The molecule has 1 aliphatic heterocycles. The van der Waals surface area contributed by atoms with E-state index in [1.165, 1.54) is 54.9 Å². The normalized spacial score (nSPS) is 14.7. The lowest BCUT2D eigenvalue weighted by molar-refractivity contribution is -0.123. The van der Waals surface area contributed by atoms with Gasteiger partial charge in [0.05, 0.1) is 5.69 Å². The van der Waals surface area contributed by atoms with Gasteiger partial charge in [-0.3, -0.25) is 19.5 Å². The highest BCUT2D eigenvalue weighted by Gasteiger charge is 2.21. The SMILES string of the molecule is O=C1CC(CNc2n[nH]c3nccc(Oc4ccc(NC(=O)c5ccnn(-c6ccc(F)cc6)c5=O)cc4F)c23)CCN1. The molecule has 1 saturated heterocycles. The molecule has 14 heteroatoms. The van der Waals surface area contributed by atoms with Crippen LogP contribution in [0.15, 0.2) is 71.8 Å². The van der Waals surface area contributed by atoms with Crippen LogP contribution in [0.25, 0.3) is 16.7 Å². The number of nitrogens with one attached hydrogen (secondary N) is 4. The zero-order chi connectivity index (χ0) is 29.9. The molecule has 1 unspecified atom stereocenters. The topological polar surface area (TPSA) is 156 Å². The fourth-order valence-electron chi connectivity index (χ4n) is 4.73. The van der Waals surface area contributed by atoms with E-state index in [1.807, 2.05) is 0 Å². The molecule has 1 atom stereocenters. The largest absolute Gasteiger partial charge is 0.453 e. The number of amides is 2. The van der Waals surface area contributed by atoms with Crippen molar-refractivity contribution < 1.29 is 23.1 Å². The van der Waals surface area contributed by atoms with Gasteiger partial charge >= 0.3 is 0 Å². The molecule has 2 aromatic carbocycles. The molecule has 5 aromatic rings. The van der Waals surface area contributed by atoms with Gasteiger partial charge in [0.1, 0.15) is 22.5 Å². The maximum Gasteiger partial charge on any atom is 0.284 e. The average molecular weight is 587 g/mol. The predicted molar refractivity (Wildman–Crippen MR) is 152 cm³/mol. The molecule has 0 bridgehead atoms. The predicted octanol–water partition coefficient (Wildman–Crippen LogP) is 3.76. The second kappa shape index (κ2) is 11.7. The number of carbonyl (C=O) groups excluding carboxylic acids is 2. The molecule has 12 nitrogen and oxygen atoms in total. The van der Waals surface area contributed by atoms with Gasteiger partial charge < -0.3 is 20.7 Å². The first-order valence-corrected chi connectivity index (χ1v) is 13.3. The monoisotopic (exact) mass is 586 g/mol. The van der Waals surface area contributed by atoms with Gasteiger partial charge in [-0.15, -0.1) is 0 Å². The molecule has 43 heavy (non-hydrogen) atoms. The number of carbonyl (C=O) groups is 2. The zero-order valence-electron chi connectivity index (χ0n) is 22.4. The highest BCUT2D eigenvalue weighted by atomic mass is 19.1. The second-order valence-corrected chi connectivity index (χ2v) is 9.83. The van der Waals surface area contributed by atoms with Crippen LogP contribution in [0.3, 0.4) is 0 Å². The number of nitrogens with zero attached hydrogens (tertiary/aromatic N) is 4. The highest BCUT2D eigenvalue weighted by Crippen LogP contribution is 2.34. The van der Waals surface area contributed by atoms with E-state index in [1.54, 1.807) is 6.07 Å². The van der Waals surface area contributed by atoms with Crippen LogP contribution in [0.5, 0.6) is 11.5 Å². The summed E-state index contributed by atoms with van der Waals surface area (Å²) in [4.78, 5) is 41.7. The van der Waals surface area contributed by atoms with Crippen LogP contribution < -0.4 is 26.2 Å². The number of piperidine rings is 1. The Balaban J connectivity index is 1.18. The molecular formula is C29H24F2N8O4. The Hall–Kier alpha value is -5.66. The molecule has 0 radical (unpaired) electrons. The van der Waals surface area contributed by atoms with Gasteiger partial charge in [-0.2, -0.15) is 14.9 Å². The molecule has 2 amide bonds. The number of hydrogen-bond donors (Lipinski definition) is 4. The highest BCUT2D eigenvalue weighted by molar-refractivity contribution is 6.04. The minimum atomic E-state index is -0.781. The molecule has 218 valence electrons. The maximum atomic E-state index is 15.2. The summed E-state index contributed by atoms with van der Waals surface area (Å²) in [6.45, 7) is 1.13. The second-order valence-electron chi connectivity index (χ2n) is 9.83. The van der Waals surface area contributed by atoms with E-state index < -0.39 is 23.1 Å². The van der Waals surface area contributed by atoms with Crippen molar-refractivity contribution in [2.24, 2.45) is 5.92 Å². The van der Waals surface area contributed by atoms with Crippen molar-refractivity contribution in [3.05, 3.63) is 94.5 Å². The molecule has 0 spiro atoms. The number of H-pyrrole nitrogens is 1. The van der Waals surface area contributed by atoms with Gasteiger partial charge in [0.2, 0.25) is 5.91 Å². The van der Waals surface area contributed by atoms with E-state index in [9.17, 15) is 18.8 Å². The van der Waals surface area contributed by atoms with Crippen molar-refractivity contribution in [3.8, 4) is 17.2 Å². The van der Waals surface area contributed by atoms with Crippen LogP contribution in [0.4, 0.5) is 20.3 Å². The van der Waals surface area contributed by atoms with Crippen LogP contribution in [0, 0.1) is 17.6 Å². The number of rotatable bonds is 8. The van der Waals surface area contributed by atoms with Gasteiger partial charge in [0, 0.05) is 49.7 Å². The Labute approximate surface area is 242 Å². The molecule has 4 heterocycles. The summed E-state index contributed by atoms with van der Waals surface area (Å²) in [5, 5.41) is 20.1. The van der Waals surface area contributed by atoms with Crippen LogP contribution in [0.1, 0.15) is 23.2 Å². The Morgan fingerprint density at radius 2 is 1.88 bits per heavy atom. The number of aromatic amines is 1. The minimum Gasteiger partial charge on any atom is -0.453 e. The first-order chi connectivity index (χ1) is 20.9. The Bertz CT molecular complexity index is 1890. The van der Waals surface area contributed by atoms with Crippen molar-refractivity contribution in [2.45, 2.75) is 12.8 Å². The molecule has 4 N–H and O–H groups in total. The van der Waals surface area contributed by atoms with Gasteiger partial charge in [0.25, 0.3) is 11.5 Å². The maximum absolute atomic E-state index is 15.2. The summed E-state index contributed by atoms with van der Waals surface area (Å²) in [5.74, 6) is -1.27. The van der Waals surface area contributed by atoms with Crippen molar-refractivity contribution in [1.29, 1.82) is 0 Å². The summed E-state index contributed by atoms with van der Waals surface area (Å²) in [6.07, 6.45) is 4.00. The molecule has 0 saturated carbocycles. The zero-order valence-corrected chi connectivity index (χ0v) is 22.4. The van der Waals surface area contributed by atoms with Crippen molar-refractivity contribution in [3.63, 3.8) is 0 Å². The smallest absolute Gasteiger partial charge is 0.284 e. The first kappa shape index (κ1) is 27.5. The Morgan fingerprint density at radius 3 is 2.67 bits per heavy atom. The first-order valence-electron chi connectivity index (χ1n) is 13.3. The third kappa shape index (κ3) is 5.88. The summed E-state index contributed by atoms with van der Waals surface area (Å²) in [5.41, 5.74) is -0.190. The standard InChI is InChI=1S/C29H24F2N8O4/c30-17-1-4-19(5-2-17)39-29(42)20(8-12-35-39)28(41)36-18-3-6-22(21(31)14-18)43-23-9-11-33-26-25(23)27(38-37-26)34-15-16-7-10-32-24(40)13-16/h1-6,8-9,11-12,14,16H,7,10,13,15H2,(H,32,40)(H,36,41)(H2,33,34,37,38). The molecule has 6 rings (SSSR count). The van der Waals surface area contributed by atoms with Gasteiger partial charge in [-0.1, -0.05) is 0 Å². The molecule has 1 aliphatic rings. The lowest BCUT2D eigenvalue weighted by atomic mass is 9.97. The number of anilines is 2. The number of halogens is 2. The summed E-state index contributed by atoms with van der Waals surface area (Å²) in [7, 11) is 0. The van der Waals surface area contributed by atoms with Gasteiger partial charge in [0.15, 0.2) is 23.0 Å². The number of benzene rings is 2. The molecule has 3 aromatic heterocycles. The van der Waals surface area contributed by atoms with Crippen LogP contribution >= 0.6 is 0 Å². The quantitative estimate of drug-likeness (QED) is 0.214. The fraction of sp³-hybridized carbons (Fsp3) is 0.172. The number of aromatic nitrogens is 5. The lowest BCUT2D eigenvalue weighted by Crippen LogP contribution is -2.36. The Kier molecular flexibility index (Phi) is 7.47. The van der Waals surface area contributed by atoms with E-state index in [4.69, 9.17) is 4.74 Å².